The van der Waals surface area contributed by atoms with Crippen molar-refractivity contribution in [2.24, 2.45) is 7.05 Å². The molecule has 4 N–H and O–H groups in total. The maximum absolute atomic E-state index is 11.4. The Bertz CT molecular complexity index is 1180. The van der Waals surface area contributed by atoms with Crippen LogP contribution >= 0.6 is 0 Å². The molecule has 8 heteroatoms. The first-order chi connectivity index (χ1) is 16.4. The summed E-state index contributed by atoms with van der Waals surface area (Å²) < 4.78 is 8.16. The van der Waals surface area contributed by atoms with Gasteiger partial charge in [-0.05, 0) is 75.6 Å². The number of aliphatic hydroxyl groups excluding tert-OH is 1. The highest BCUT2D eigenvalue weighted by Crippen LogP contribution is 2.29. The van der Waals surface area contributed by atoms with E-state index in [0.29, 0.717) is 12.1 Å². The van der Waals surface area contributed by atoms with Gasteiger partial charge >= 0.3 is 5.97 Å². The minimum Gasteiger partial charge on any atom is -0.508 e. The third-order valence-electron chi connectivity index (χ3n) is 6.29. The van der Waals surface area contributed by atoms with Crippen molar-refractivity contribution in [2.45, 2.75) is 57.6 Å². The third-order valence-corrected chi connectivity index (χ3v) is 8.53. The van der Waals surface area contributed by atoms with Gasteiger partial charge in [-0.1, -0.05) is 12.1 Å². The number of aryl methyl sites for hydroxylation is 1. The standard InChI is InChI=1S/C27H36N2O5S/c1-17(11-18-7-9-22-20(12-18)14-23(26(32)33)29(22)5)28-15-25(34-35(6)27(2,3)4)19-8-10-24(31)21(13-19)16-30/h7-10,12-14,17,25,28,30H,11,15-16H2,1-6H3,(H-,31,32,33)/p+1/t17-,25+,35?/m1/s1. The molecule has 1 aromatic heterocycles. The zero-order valence-corrected chi connectivity index (χ0v) is 22.1. The fraction of sp³-hybridized carbons (Fsp3) is 0.444. The number of nitrogens with one attached hydrogen (secondary N) is 1. The zero-order chi connectivity index (χ0) is 25.9. The fourth-order valence-electron chi connectivity index (χ4n) is 3.92. The highest BCUT2D eigenvalue weighted by atomic mass is 32.2. The number of aromatic carboxylic acids is 1. The van der Waals surface area contributed by atoms with Gasteiger partial charge in [0.25, 0.3) is 0 Å². The first kappa shape index (κ1) is 27.1. The molecular weight excluding hydrogens is 464 g/mol. The number of hydrogen-bond acceptors (Lipinski definition) is 5. The molecule has 0 aliphatic heterocycles. The highest BCUT2D eigenvalue weighted by molar-refractivity contribution is 7.93. The average Bonchev–Trinajstić information content (AvgIpc) is 3.12. The Balaban J connectivity index is 1.74. The summed E-state index contributed by atoms with van der Waals surface area (Å²) in [5.41, 5.74) is 3.67. The molecule has 0 aliphatic rings. The van der Waals surface area contributed by atoms with E-state index in [4.69, 9.17) is 4.18 Å². The van der Waals surface area contributed by atoms with Crippen LogP contribution in [0.3, 0.4) is 0 Å². The van der Waals surface area contributed by atoms with Gasteiger partial charge < -0.3 is 25.2 Å². The molecule has 0 radical (unpaired) electrons. The summed E-state index contributed by atoms with van der Waals surface area (Å²) in [7, 11) is 1.76. The van der Waals surface area contributed by atoms with Crippen LogP contribution in [0.25, 0.3) is 10.9 Å². The lowest BCUT2D eigenvalue weighted by molar-refractivity contribution is 0.0687. The number of rotatable bonds is 10. The zero-order valence-electron chi connectivity index (χ0n) is 21.3. The summed E-state index contributed by atoms with van der Waals surface area (Å²) in [6.07, 6.45) is 2.62. The van der Waals surface area contributed by atoms with E-state index in [2.05, 4.69) is 39.3 Å². The van der Waals surface area contributed by atoms with Gasteiger partial charge in [0.2, 0.25) is 0 Å². The summed E-state index contributed by atoms with van der Waals surface area (Å²) in [6.45, 7) is 8.89. The van der Waals surface area contributed by atoms with Crippen LogP contribution in [0.4, 0.5) is 0 Å². The monoisotopic (exact) mass is 501 g/mol. The van der Waals surface area contributed by atoms with Crippen LogP contribution in [0, 0.1) is 0 Å². The van der Waals surface area contributed by atoms with Crippen molar-refractivity contribution in [1.29, 1.82) is 0 Å². The van der Waals surface area contributed by atoms with E-state index < -0.39 is 5.97 Å². The number of carboxylic acids is 1. The Morgan fingerprint density at radius 2 is 1.89 bits per heavy atom. The Morgan fingerprint density at radius 3 is 2.51 bits per heavy atom. The number of aromatic nitrogens is 1. The average molecular weight is 502 g/mol. The molecule has 1 heterocycles. The predicted octanol–water partition coefficient (Wildman–Crippen LogP) is 4.31. The quantitative estimate of drug-likeness (QED) is 0.309. The first-order valence-corrected chi connectivity index (χ1v) is 13.3. The molecule has 0 bridgehead atoms. The molecule has 3 rings (SSSR count). The Kier molecular flexibility index (Phi) is 8.54. The first-order valence-electron chi connectivity index (χ1n) is 11.7. The lowest BCUT2D eigenvalue weighted by Gasteiger charge is -2.24. The Labute approximate surface area is 210 Å². The summed E-state index contributed by atoms with van der Waals surface area (Å²) in [5.74, 6) is -0.861. The van der Waals surface area contributed by atoms with Gasteiger partial charge in [0.15, 0.2) is 10.9 Å². The molecular formula is C27H37N2O5S+. The van der Waals surface area contributed by atoms with Crippen LogP contribution in [-0.2, 0) is 35.4 Å². The van der Waals surface area contributed by atoms with E-state index in [1.165, 1.54) is 0 Å². The maximum Gasteiger partial charge on any atom is 0.352 e. The smallest absolute Gasteiger partial charge is 0.352 e. The second-order valence-corrected chi connectivity index (χ2v) is 12.3. The number of aliphatic hydroxyl groups is 1. The van der Waals surface area contributed by atoms with Crippen LogP contribution < -0.4 is 5.32 Å². The minimum atomic E-state index is -0.935. The molecule has 0 spiro atoms. The number of hydrogen-bond donors (Lipinski definition) is 4. The molecule has 3 aromatic rings. The van der Waals surface area contributed by atoms with Crippen LogP contribution in [0.15, 0.2) is 42.5 Å². The summed E-state index contributed by atoms with van der Waals surface area (Å²) in [6, 6.07) is 13.2. The number of phenols is 1. The van der Waals surface area contributed by atoms with Gasteiger partial charge in [0, 0.05) is 36.1 Å². The van der Waals surface area contributed by atoms with E-state index in [1.54, 1.807) is 29.8 Å². The van der Waals surface area contributed by atoms with Crippen LogP contribution in [0.1, 0.15) is 61.0 Å². The Morgan fingerprint density at radius 1 is 1.17 bits per heavy atom. The molecule has 0 saturated carbocycles. The van der Waals surface area contributed by atoms with Gasteiger partial charge in [0.1, 0.15) is 28.9 Å². The number of aromatic hydroxyl groups is 1. The largest absolute Gasteiger partial charge is 0.508 e. The lowest BCUT2D eigenvalue weighted by Crippen LogP contribution is -2.36. The van der Waals surface area contributed by atoms with Crippen LogP contribution in [0.2, 0.25) is 0 Å². The minimum absolute atomic E-state index is 0.0134. The SMILES string of the molecule is C[C@H](Cc1ccc2c(c1)cc(C(=O)O)n2C)NC[C@H](O[S+](C)C(C)(C)C)c1ccc(O)c(CO)c1. The molecule has 35 heavy (non-hydrogen) atoms. The number of carboxylic acid groups (broad SMARTS) is 1. The van der Waals surface area contributed by atoms with E-state index in [9.17, 15) is 20.1 Å². The number of benzene rings is 2. The number of carbonyl (C=O) groups is 1. The van der Waals surface area contributed by atoms with Crippen molar-refractivity contribution in [3.05, 3.63) is 64.8 Å². The van der Waals surface area contributed by atoms with Crippen molar-refractivity contribution in [1.82, 2.24) is 9.88 Å². The van der Waals surface area contributed by atoms with E-state index in [-0.39, 0.29) is 46.1 Å². The molecule has 190 valence electrons. The summed E-state index contributed by atoms with van der Waals surface area (Å²) in [4.78, 5) is 11.4. The van der Waals surface area contributed by atoms with Crippen molar-refractivity contribution >= 4 is 28.0 Å². The predicted molar refractivity (Wildman–Crippen MR) is 142 cm³/mol. The van der Waals surface area contributed by atoms with Crippen molar-refractivity contribution in [2.75, 3.05) is 12.8 Å². The Hall–Kier alpha value is -2.52. The summed E-state index contributed by atoms with van der Waals surface area (Å²) in [5, 5.41) is 33.5. The van der Waals surface area contributed by atoms with E-state index in [0.717, 1.165) is 28.5 Å². The van der Waals surface area contributed by atoms with Crippen LogP contribution in [0.5, 0.6) is 5.75 Å². The number of fused-ring (bicyclic) bond motifs is 1. The second-order valence-electron chi connectivity index (χ2n) is 10.00. The topological polar surface area (TPSA) is 104 Å². The maximum atomic E-state index is 11.4. The normalized spacial score (nSPS) is 14.7. The van der Waals surface area contributed by atoms with Gasteiger partial charge in [0.05, 0.1) is 6.61 Å². The van der Waals surface area contributed by atoms with Crippen molar-refractivity contribution in [3.8, 4) is 5.75 Å². The van der Waals surface area contributed by atoms with E-state index >= 15 is 0 Å². The van der Waals surface area contributed by atoms with Gasteiger partial charge in [-0.25, -0.2) is 4.79 Å². The van der Waals surface area contributed by atoms with Crippen molar-refractivity contribution < 1.29 is 24.3 Å². The van der Waals surface area contributed by atoms with Crippen molar-refractivity contribution in [3.63, 3.8) is 0 Å². The highest BCUT2D eigenvalue weighted by Gasteiger charge is 2.35. The molecule has 0 fully saturated rings. The molecule has 3 atom stereocenters. The van der Waals surface area contributed by atoms with Gasteiger partial charge in [-0.2, -0.15) is 4.18 Å². The van der Waals surface area contributed by atoms with Gasteiger partial charge in [-0.15, -0.1) is 0 Å². The molecule has 2 aromatic carbocycles. The van der Waals surface area contributed by atoms with E-state index in [1.807, 2.05) is 24.3 Å². The number of nitrogens with zero attached hydrogens (tertiary/aromatic N) is 1. The molecule has 0 saturated heterocycles. The van der Waals surface area contributed by atoms with Crippen LogP contribution in [-0.4, -0.2) is 49.4 Å². The second kappa shape index (κ2) is 11.0. The lowest BCUT2D eigenvalue weighted by atomic mass is 10.0. The third kappa shape index (κ3) is 6.58. The summed E-state index contributed by atoms with van der Waals surface area (Å²) >= 11 is -0.319. The molecule has 0 aliphatic carbocycles. The molecule has 7 nitrogen and oxygen atoms in total. The fourth-order valence-corrected chi connectivity index (χ4v) is 4.74. The molecule has 1 unspecified atom stereocenters. The van der Waals surface area contributed by atoms with Gasteiger partial charge in [-0.3, -0.25) is 0 Å². The molecule has 0 amide bonds.